The highest BCUT2D eigenvalue weighted by atomic mass is 19.4. The number of pyridine rings is 1. The van der Waals surface area contributed by atoms with Crippen LogP contribution >= 0.6 is 0 Å². The summed E-state index contributed by atoms with van der Waals surface area (Å²) in [5.41, 5.74) is 4.55. The summed E-state index contributed by atoms with van der Waals surface area (Å²) in [6.45, 7) is 1.95. The highest BCUT2D eigenvalue weighted by Crippen LogP contribution is 2.33. The average molecular weight is 529 g/mol. The molecule has 3 aliphatic rings. The minimum absolute atomic E-state index is 0.168. The van der Waals surface area contributed by atoms with Crippen LogP contribution in [0.5, 0.6) is 0 Å². The second-order valence-electron chi connectivity index (χ2n) is 9.87. The normalized spacial score (nSPS) is 15.7. The minimum atomic E-state index is -4.40. The number of halogens is 3. The Hall–Kier alpha value is -4.24. The van der Waals surface area contributed by atoms with Crippen LogP contribution in [-0.4, -0.2) is 45.6 Å². The molecule has 198 valence electrons. The van der Waals surface area contributed by atoms with Gasteiger partial charge in [0.2, 0.25) is 0 Å². The minimum Gasteiger partial charge on any atom is -0.352 e. The maximum Gasteiger partial charge on any atom is 0.416 e. The molecule has 2 aromatic carbocycles. The molecule has 1 N–H and O–H groups in total. The molecule has 0 unspecified atom stereocenters. The first-order chi connectivity index (χ1) is 18.8. The molecule has 3 aromatic rings. The Morgan fingerprint density at radius 2 is 1.72 bits per heavy atom. The Morgan fingerprint density at radius 1 is 0.949 bits per heavy atom. The van der Waals surface area contributed by atoms with Gasteiger partial charge in [-0.15, -0.1) is 0 Å². The summed E-state index contributed by atoms with van der Waals surface area (Å²) >= 11 is 0. The van der Waals surface area contributed by atoms with Crippen LogP contribution in [0, 0.1) is 0 Å². The second kappa shape index (κ2) is 10.1. The Kier molecular flexibility index (Phi) is 6.52. The van der Waals surface area contributed by atoms with Crippen molar-refractivity contribution in [2.24, 2.45) is 4.99 Å². The van der Waals surface area contributed by atoms with Gasteiger partial charge in [-0.1, -0.05) is 12.1 Å². The van der Waals surface area contributed by atoms with Gasteiger partial charge in [0.25, 0.3) is 0 Å². The highest BCUT2D eigenvalue weighted by molar-refractivity contribution is 5.84. The number of hydrogen-bond donors (Lipinski definition) is 1. The van der Waals surface area contributed by atoms with Gasteiger partial charge in [-0.2, -0.15) is 13.2 Å². The molecule has 0 saturated carbocycles. The zero-order chi connectivity index (χ0) is 27.0. The van der Waals surface area contributed by atoms with Crippen LogP contribution in [0.4, 0.5) is 24.5 Å². The quantitative estimate of drug-likeness (QED) is 0.279. The predicted octanol–water partition coefficient (Wildman–Crippen LogP) is 6.28. The van der Waals surface area contributed by atoms with Gasteiger partial charge >= 0.3 is 6.18 Å². The zero-order valence-electron chi connectivity index (χ0n) is 21.4. The number of nitrogens with one attached hydrogen (secondary N) is 1. The molecule has 1 fully saturated rings. The molecule has 0 radical (unpaired) electrons. The van der Waals surface area contributed by atoms with E-state index in [9.17, 15) is 13.2 Å². The maximum atomic E-state index is 13.3. The molecule has 1 saturated heterocycles. The van der Waals surface area contributed by atoms with E-state index in [2.05, 4.69) is 22.2 Å². The van der Waals surface area contributed by atoms with Crippen LogP contribution in [0.1, 0.15) is 18.4 Å². The van der Waals surface area contributed by atoms with Crippen molar-refractivity contribution in [2.45, 2.75) is 25.1 Å². The van der Waals surface area contributed by atoms with E-state index in [0.717, 1.165) is 71.5 Å². The Morgan fingerprint density at radius 3 is 2.44 bits per heavy atom. The van der Waals surface area contributed by atoms with Crippen LogP contribution in [0.25, 0.3) is 28.1 Å². The van der Waals surface area contributed by atoms with Gasteiger partial charge in [0.1, 0.15) is 0 Å². The van der Waals surface area contributed by atoms with E-state index in [4.69, 9.17) is 9.98 Å². The van der Waals surface area contributed by atoms with Crippen molar-refractivity contribution in [1.29, 1.82) is 0 Å². The number of alkyl halides is 3. The standard InChI is InChI=1S/C30H27F3N6/c1-38-15-12-21(13-16-38)35-26-18-29-27(17-25(26)36-22-5-4-14-34-19-22)37-24-6-2-3-7-28(24)39(29)23-10-8-20(9-11-23)30(31,32)33/h2-11,14,17-19,21,36H,12-13,15-16H2,1H3/b35-26+. The van der Waals surface area contributed by atoms with Crippen molar-refractivity contribution in [3.8, 4) is 17.1 Å². The lowest BCUT2D eigenvalue weighted by Gasteiger charge is -2.26. The molecule has 6 nitrogen and oxygen atoms in total. The monoisotopic (exact) mass is 528 g/mol. The lowest BCUT2D eigenvalue weighted by Crippen LogP contribution is -2.33. The lowest BCUT2D eigenvalue weighted by molar-refractivity contribution is -0.137. The zero-order valence-corrected chi connectivity index (χ0v) is 21.4. The summed E-state index contributed by atoms with van der Waals surface area (Å²) in [4.78, 5) is 16.6. The van der Waals surface area contributed by atoms with Crippen molar-refractivity contribution in [2.75, 3.05) is 25.5 Å². The number of anilines is 2. The first kappa shape index (κ1) is 25.1. The van der Waals surface area contributed by atoms with Crippen molar-refractivity contribution in [3.05, 3.63) is 96.1 Å². The van der Waals surface area contributed by atoms with Crippen LogP contribution < -0.4 is 10.7 Å². The van der Waals surface area contributed by atoms with Crippen LogP contribution in [-0.2, 0) is 6.18 Å². The number of hydrogen-bond acceptors (Lipinski definition) is 5. The number of aromatic nitrogens is 3. The first-order valence-corrected chi connectivity index (χ1v) is 12.9. The van der Waals surface area contributed by atoms with E-state index in [0.29, 0.717) is 11.4 Å². The Bertz CT molecular complexity index is 1640. The molecule has 39 heavy (non-hydrogen) atoms. The van der Waals surface area contributed by atoms with E-state index in [1.165, 1.54) is 12.1 Å². The van der Waals surface area contributed by atoms with Crippen molar-refractivity contribution in [3.63, 3.8) is 0 Å². The van der Waals surface area contributed by atoms with Crippen LogP contribution in [0.15, 0.2) is 90.2 Å². The molecule has 0 spiro atoms. The van der Waals surface area contributed by atoms with Gasteiger partial charge in [0, 0.05) is 11.9 Å². The molecule has 0 atom stereocenters. The van der Waals surface area contributed by atoms with E-state index in [1.807, 2.05) is 53.1 Å². The van der Waals surface area contributed by atoms with Gasteiger partial charge in [-0.3, -0.25) is 9.98 Å². The third kappa shape index (κ3) is 5.22. The second-order valence-corrected chi connectivity index (χ2v) is 9.87. The van der Waals surface area contributed by atoms with E-state index in [1.54, 1.807) is 12.4 Å². The fourth-order valence-electron chi connectivity index (χ4n) is 5.04. The SMILES string of the molecule is CN1CCC(/N=c2\cc3n(-c4ccc(C(F)(F)F)cc4)c4ccccc4nc-3cc2Nc2cccnc2)CC1. The van der Waals surface area contributed by atoms with E-state index >= 15 is 0 Å². The number of para-hydroxylation sites is 2. The summed E-state index contributed by atoms with van der Waals surface area (Å²) in [6.07, 6.45) is 0.972. The van der Waals surface area contributed by atoms with E-state index in [-0.39, 0.29) is 6.04 Å². The molecule has 3 heterocycles. The molecule has 1 aliphatic carbocycles. The fourth-order valence-corrected chi connectivity index (χ4v) is 5.04. The van der Waals surface area contributed by atoms with Gasteiger partial charge in [-0.05, 0) is 93.6 Å². The van der Waals surface area contributed by atoms with Gasteiger partial charge in [0.15, 0.2) is 0 Å². The third-order valence-corrected chi connectivity index (χ3v) is 7.10. The number of benzene rings is 3. The summed E-state index contributed by atoms with van der Waals surface area (Å²) in [7, 11) is 2.12. The number of rotatable bonds is 4. The topological polar surface area (TPSA) is 58.3 Å². The third-order valence-electron chi connectivity index (χ3n) is 7.10. The maximum absolute atomic E-state index is 13.3. The summed E-state index contributed by atoms with van der Waals surface area (Å²) in [6, 6.07) is 20.8. The first-order valence-electron chi connectivity index (χ1n) is 12.9. The van der Waals surface area contributed by atoms with Crippen LogP contribution in [0.3, 0.4) is 0 Å². The molecular formula is C30H27F3N6. The summed E-state index contributed by atoms with van der Waals surface area (Å²) < 4.78 is 41.9. The van der Waals surface area contributed by atoms with Crippen molar-refractivity contribution < 1.29 is 13.2 Å². The van der Waals surface area contributed by atoms with Gasteiger partial charge in [0.05, 0.1) is 57.0 Å². The molecule has 0 bridgehead atoms. The Labute approximate surface area is 223 Å². The van der Waals surface area contributed by atoms with Gasteiger partial charge < -0.3 is 14.8 Å². The van der Waals surface area contributed by atoms with Crippen molar-refractivity contribution in [1.82, 2.24) is 19.4 Å². The number of nitrogens with zero attached hydrogens (tertiary/aromatic N) is 5. The molecule has 0 amide bonds. The Balaban J connectivity index is 1.58. The smallest absolute Gasteiger partial charge is 0.352 e. The molecule has 9 heteroatoms. The summed E-state index contributed by atoms with van der Waals surface area (Å²) in [5, 5.41) is 4.23. The predicted molar refractivity (Wildman–Crippen MR) is 146 cm³/mol. The highest BCUT2D eigenvalue weighted by Gasteiger charge is 2.30. The fraction of sp³-hybridized carbons (Fsp3) is 0.233. The molecular weight excluding hydrogens is 501 g/mol. The largest absolute Gasteiger partial charge is 0.416 e. The average Bonchev–Trinajstić information content (AvgIpc) is 2.93. The number of fused-ring (bicyclic) bond motifs is 2. The number of piperidine rings is 1. The number of likely N-dealkylation sites (tertiary alicyclic amines) is 1. The lowest BCUT2D eigenvalue weighted by atomic mass is 10.1. The van der Waals surface area contributed by atoms with E-state index < -0.39 is 11.7 Å². The summed E-state index contributed by atoms with van der Waals surface area (Å²) in [5.74, 6) is 0. The molecule has 6 rings (SSSR count). The molecule has 1 aromatic heterocycles. The molecule has 2 aliphatic heterocycles. The van der Waals surface area contributed by atoms with Crippen molar-refractivity contribution >= 4 is 22.4 Å². The van der Waals surface area contributed by atoms with Crippen LogP contribution in [0.2, 0.25) is 0 Å². The van der Waals surface area contributed by atoms with Gasteiger partial charge in [-0.25, -0.2) is 4.98 Å².